The molecular formula is C21H25N5O4S. The Hall–Kier alpha value is -2.59. The molecule has 1 aliphatic carbocycles. The fourth-order valence-corrected chi connectivity index (χ4v) is 6.30. The summed E-state index contributed by atoms with van der Waals surface area (Å²) >= 11 is 0. The van der Waals surface area contributed by atoms with Gasteiger partial charge in [-0.1, -0.05) is 23.2 Å². The molecule has 3 aromatic rings. The van der Waals surface area contributed by atoms with Gasteiger partial charge in [-0.3, -0.25) is 4.98 Å². The molecule has 164 valence electrons. The van der Waals surface area contributed by atoms with Gasteiger partial charge in [0.05, 0.1) is 0 Å². The van der Waals surface area contributed by atoms with Gasteiger partial charge < -0.3 is 9.05 Å². The van der Waals surface area contributed by atoms with E-state index in [2.05, 4.69) is 15.3 Å². The van der Waals surface area contributed by atoms with Crippen LogP contribution < -0.4 is 0 Å². The Morgan fingerprint density at radius 3 is 2.42 bits per heavy atom. The van der Waals surface area contributed by atoms with E-state index in [1.165, 1.54) is 17.1 Å². The van der Waals surface area contributed by atoms with Crippen LogP contribution in [0.25, 0.3) is 11.5 Å². The average molecular weight is 444 g/mol. The van der Waals surface area contributed by atoms with Gasteiger partial charge in [0.25, 0.3) is 5.89 Å². The summed E-state index contributed by atoms with van der Waals surface area (Å²) in [6.07, 6.45) is 8.06. The van der Waals surface area contributed by atoms with Crippen molar-refractivity contribution in [2.45, 2.75) is 56.3 Å². The SMILES string of the molecule is Cc1noc(C)c1S(=O)(=O)N1CCC(CC2CC2)(c2noc(-c3ccncc3)n2)CC1. The maximum absolute atomic E-state index is 13.2. The van der Waals surface area contributed by atoms with E-state index in [-0.39, 0.29) is 10.3 Å². The lowest BCUT2D eigenvalue weighted by Gasteiger charge is -2.39. The summed E-state index contributed by atoms with van der Waals surface area (Å²) < 4.78 is 38.7. The lowest BCUT2D eigenvalue weighted by atomic mass is 9.74. The van der Waals surface area contributed by atoms with Crippen molar-refractivity contribution in [3.05, 3.63) is 41.8 Å². The Labute approximate surface area is 180 Å². The minimum atomic E-state index is -3.66. The van der Waals surface area contributed by atoms with E-state index in [0.717, 1.165) is 12.0 Å². The fraction of sp³-hybridized carbons (Fsp3) is 0.524. The molecule has 2 aliphatic rings. The highest BCUT2D eigenvalue weighted by atomic mass is 32.2. The topological polar surface area (TPSA) is 115 Å². The molecule has 0 unspecified atom stereocenters. The first-order chi connectivity index (χ1) is 14.9. The minimum Gasteiger partial charge on any atom is -0.360 e. The highest BCUT2D eigenvalue weighted by Gasteiger charge is 2.46. The van der Waals surface area contributed by atoms with Crippen molar-refractivity contribution in [1.82, 2.24) is 24.6 Å². The number of aromatic nitrogens is 4. The molecule has 1 saturated heterocycles. The molecule has 2 fully saturated rings. The largest absolute Gasteiger partial charge is 0.360 e. The second-order valence-corrected chi connectivity index (χ2v) is 10.5. The summed E-state index contributed by atoms with van der Waals surface area (Å²) in [6, 6.07) is 3.67. The third kappa shape index (κ3) is 3.67. The van der Waals surface area contributed by atoms with Crippen molar-refractivity contribution in [3.63, 3.8) is 0 Å². The van der Waals surface area contributed by atoms with Crippen LogP contribution in [0.2, 0.25) is 0 Å². The van der Waals surface area contributed by atoms with Gasteiger partial charge in [0, 0.05) is 36.5 Å². The van der Waals surface area contributed by atoms with Crippen LogP contribution in [0.3, 0.4) is 0 Å². The maximum atomic E-state index is 13.2. The lowest BCUT2D eigenvalue weighted by Crippen LogP contribution is -2.46. The van der Waals surface area contributed by atoms with Crippen LogP contribution in [0, 0.1) is 19.8 Å². The summed E-state index contributed by atoms with van der Waals surface area (Å²) in [7, 11) is -3.66. The van der Waals surface area contributed by atoms with Crippen LogP contribution in [0.15, 0.2) is 38.5 Å². The number of nitrogens with zero attached hydrogens (tertiary/aromatic N) is 5. The van der Waals surface area contributed by atoms with Crippen LogP contribution in [0.1, 0.15) is 49.4 Å². The number of hydrogen-bond acceptors (Lipinski definition) is 8. The summed E-state index contributed by atoms with van der Waals surface area (Å²) in [5.41, 5.74) is 0.946. The standard InChI is InChI=1S/C21H25N5O4S/c1-14-18(15(2)29-24-14)31(27,28)26-11-7-21(8-12-26,13-16-3-4-16)20-23-19(30-25-20)17-5-9-22-10-6-17/h5-6,9-10,16H,3-4,7-8,11-13H2,1-2H3. The number of hydrogen-bond donors (Lipinski definition) is 0. The zero-order valence-electron chi connectivity index (χ0n) is 17.6. The van der Waals surface area contributed by atoms with Crippen molar-refractivity contribution in [3.8, 4) is 11.5 Å². The molecule has 0 radical (unpaired) electrons. The van der Waals surface area contributed by atoms with Crippen LogP contribution in [-0.2, 0) is 15.4 Å². The molecule has 4 heterocycles. The molecule has 0 atom stereocenters. The first kappa shape index (κ1) is 20.3. The van der Waals surface area contributed by atoms with Gasteiger partial charge in [-0.05, 0) is 51.2 Å². The van der Waals surface area contributed by atoms with Gasteiger partial charge in [0.1, 0.15) is 10.6 Å². The normalized spacial score (nSPS) is 19.5. The third-order valence-electron chi connectivity index (χ3n) is 6.45. The minimum absolute atomic E-state index is 0.182. The number of rotatable bonds is 6. The molecule has 31 heavy (non-hydrogen) atoms. The summed E-state index contributed by atoms with van der Waals surface area (Å²) in [4.78, 5) is 8.94. The van der Waals surface area contributed by atoms with E-state index in [1.807, 2.05) is 12.1 Å². The van der Waals surface area contributed by atoms with E-state index in [9.17, 15) is 8.42 Å². The van der Waals surface area contributed by atoms with Crippen molar-refractivity contribution in [2.75, 3.05) is 13.1 Å². The van der Waals surface area contributed by atoms with Crippen LogP contribution >= 0.6 is 0 Å². The Morgan fingerprint density at radius 1 is 1.10 bits per heavy atom. The summed E-state index contributed by atoms with van der Waals surface area (Å²) in [6.45, 7) is 4.09. The second kappa shape index (κ2) is 7.52. The van der Waals surface area contributed by atoms with Gasteiger partial charge in [0.2, 0.25) is 10.0 Å². The number of piperidine rings is 1. The molecule has 0 spiro atoms. The first-order valence-corrected chi connectivity index (χ1v) is 12.0. The van der Waals surface area contributed by atoms with E-state index >= 15 is 0 Å². The molecule has 9 nitrogen and oxygen atoms in total. The molecule has 5 rings (SSSR count). The van der Waals surface area contributed by atoms with Crippen molar-refractivity contribution < 1.29 is 17.5 Å². The van der Waals surface area contributed by atoms with Gasteiger partial charge >= 0.3 is 0 Å². The number of sulfonamides is 1. The van der Waals surface area contributed by atoms with E-state index in [0.29, 0.717) is 55.0 Å². The van der Waals surface area contributed by atoms with Gasteiger partial charge in [-0.25, -0.2) is 8.42 Å². The van der Waals surface area contributed by atoms with E-state index < -0.39 is 10.0 Å². The zero-order valence-corrected chi connectivity index (χ0v) is 18.4. The predicted molar refractivity (Wildman–Crippen MR) is 111 cm³/mol. The first-order valence-electron chi connectivity index (χ1n) is 10.6. The van der Waals surface area contributed by atoms with E-state index in [4.69, 9.17) is 14.0 Å². The maximum Gasteiger partial charge on any atom is 0.258 e. The number of aryl methyl sites for hydroxylation is 2. The zero-order chi connectivity index (χ0) is 21.6. The third-order valence-corrected chi connectivity index (χ3v) is 8.59. The molecule has 0 N–H and O–H groups in total. The average Bonchev–Trinajstić information content (AvgIpc) is 3.30. The summed E-state index contributed by atoms with van der Waals surface area (Å²) in [5.74, 6) is 2.13. The lowest BCUT2D eigenvalue weighted by molar-refractivity contribution is 0.198. The Bertz CT molecular complexity index is 1160. The van der Waals surface area contributed by atoms with Crippen LogP contribution in [0.5, 0.6) is 0 Å². The Morgan fingerprint density at radius 2 is 1.81 bits per heavy atom. The molecule has 0 bridgehead atoms. The van der Waals surface area contributed by atoms with Crippen LogP contribution in [-0.4, -0.2) is 46.1 Å². The van der Waals surface area contributed by atoms with E-state index in [1.54, 1.807) is 26.2 Å². The predicted octanol–water partition coefficient (Wildman–Crippen LogP) is 3.26. The van der Waals surface area contributed by atoms with Crippen molar-refractivity contribution >= 4 is 10.0 Å². The molecule has 1 aliphatic heterocycles. The van der Waals surface area contributed by atoms with Crippen LogP contribution in [0.4, 0.5) is 0 Å². The van der Waals surface area contributed by atoms with Gasteiger partial charge in [0.15, 0.2) is 11.6 Å². The van der Waals surface area contributed by atoms with Gasteiger partial charge in [-0.15, -0.1) is 0 Å². The summed E-state index contributed by atoms with van der Waals surface area (Å²) in [5, 5.41) is 8.15. The second-order valence-electron chi connectivity index (χ2n) is 8.64. The Balaban J connectivity index is 1.41. The fourth-order valence-electron chi connectivity index (χ4n) is 4.57. The molecule has 0 amide bonds. The highest BCUT2D eigenvalue weighted by Crippen LogP contribution is 2.47. The number of pyridine rings is 1. The smallest absolute Gasteiger partial charge is 0.258 e. The van der Waals surface area contributed by atoms with Crippen molar-refractivity contribution in [1.29, 1.82) is 0 Å². The molecule has 3 aromatic heterocycles. The van der Waals surface area contributed by atoms with Crippen molar-refractivity contribution in [2.24, 2.45) is 5.92 Å². The molecule has 0 aromatic carbocycles. The van der Waals surface area contributed by atoms with Gasteiger partial charge in [-0.2, -0.15) is 9.29 Å². The highest BCUT2D eigenvalue weighted by molar-refractivity contribution is 7.89. The molecular weight excluding hydrogens is 418 g/mol. The Kier molecular flexibility index (Phi) is 4.93. The monoisotopic (exact) mass is 443 g/mol. The molecule has 10 heteroatoms. The quantitative estimate of drug-likeness (QED) is 0.570. The molecule has 1 saturated carbocycles.